The monoisotopic (exact) mass is 403 g/mol. The lowest BCUT2D eigenvalue weighted by Gasteiger charge is -2.09. The summed E-state index contributed by atoms with van der Waals surface area (Å²) in [6, 6.07) is 30.0. The minimum absolute atomic E-state index is 0.499. The van der Waals surface area contributed by atoms with Gasteiger partial charge in [-0.25, -0.2) is 0 Å². The van der Waals surface area contributed by atoms with Gasteiger partial charge in [-0.3, -0.25) is 9.44 Å². The molecule has 0 saturated carbocycles. The van der Waals surface area contributed by atoms with Crippen LogP contribution in [0.25, 0.3) is 11.4 Å². The maximum atomic E-state index is 4.57. The van der Waals surface area contributed by atoms with E-state index in [2.05, 4.69) is 24.4 Å². The molecule has 0 aliphatic heterocycles. The van der Waals surface area contributed by atoms with Gasteiger partial charge < -0.3 is 0 Å². The van der Waals surface area contributed by atoms with Gasteiger partial charge in [0.25, 0.3) is 0 Å². The zero-order valence-corrected chi connectivity index (χ0v) is 16.5. The van der Waals surface area contributed by atoms with E-state index in [1.807, 2.05) is 91.0 Å². The maximum Gasteiger partial charge on any atom is 0.238 e. The van der Waals surface area contributed by atoms with Crippen molar-refractivity contribution >= 4 is 35.8 Å². The summed E-state index contributed by atoms with van der Waals surface area (Å²) in [7, 11) is 0. The number of aromatic nitrogens is 3. The summed E-state index contributed by atoms with van der Waals surface area (Å²) in [6.45, 7) is 0. The normalized spacial score (nSPS) is 10.4. The number of nitrogens with zero attached hydrogens (tertiary/aromatic N) is 3. The van der Waals surface area contributed by atoms with Gasteiger partial charge in [0.2, 0.25) is 11.9 Å². The molecule has 4 aromatic rings. The summed E-state index contributed by atoms with van der Waals surface area (Å²) in [5.41, 5.74) is 0.936. The first-order valence-corrected chi connectivity index (χ1v) is 10.3. The summed E-state index contributed by atoms with van der Waals surface area (Å²) in [6.07, 6.45) is 0. The van der Waals surface area contributed by atoms with E-state index in [1.54, 1.807) is 0 Å². The first-order chi connectivity index (χ1) is 13.9. The van der Waals surface area contributed by atoms with Crippen molar-refractivity contribution in [2.45, 2.75) is 9.79 Å². The zero-order chi connectivity index (χ0) is 19.0. The molecule has 0 saturated heterocycles. The van der Waals surface area contributed by atoms with E-state index in [1.165, 1.54) is 23.9 Å². The zero-order valence-electron chi connectivity index (χ0n) is 14.8. The highest BCUT2D eigenvalue weighted by Crippen LogP contribution is 2.24. The van der Waals surface area contributed by atoms with Crippen molar-refractivity contribution in [2.75, 3.05) is 9.44 Å². The van der Waals surface area contributed by atoms with Gasteiger partial charge in [-0.15, -0.1) is 0 Å². The molecule has 0 spiro atoms. The molecule has 3 aromatic carbocycles. The molecular weight excluding hydrogens is 386 g/mol. The van der Waals surface area contributed by atoms with Crippen molar-refractivity contribution in [3.05, 3.63) is 91.0 Å². The molecule has 5 nitrogen and oxygen atoms in total. The molecule has 138 valence electrons. The van der Waals surface area contributed by atoms with Crippen molar-refractivity contribution in [1.29, 1.82) is 0 Å². The van der Waals surface area contributed by atoms with Gasteiger partial charge in [-0.1, -0.05) is 66.7 Å². The van der Waals surface area contributed by atoms with Crippen LogP contribution < -0.4 is 9.44 Å². The average Bonchev–Trinajstić information content (AvgIpc) is 2.78. The van der Waals surface area contributed by atoms with E-state index in [-0.39, 0.29) is 0 Å². The molecule has 28 heavy (non-hydrogen) atoms. The lowest BCUT2D eigenvalue weighted by Crippen LogP contribution is -2.03. The Labute approximate surface area is 172 Å². The van der Waals surface area contributed by atoms with Gasteiger partial charge in [-0.05, 0) is 48.2 Å². The Morgan fingerprint density at radius 2 is 0.929 bits per heavy atom. The van der Waals surface area contributed by atoms with Crippen molar-refractivity contribution < 1.29 is 0 Å². The summed E-state index contributed by atoms with van der Waals surface area (Å²) >= 11 is 2.93. The molecule has 0 aliphatic carbocycles. The number of rotatable bonds is 7. The SMILES string of the molecule is c1ccc(SNc2nc(NSc3ccccc3)nc(-c3ccccc3)n2)cc1. The molecule has 0 aliphatic rings. The third-order valence-electron chi connectivity index (χ3n) is 3.67. The highest BCUT2D eigenvalue weighted by Gasteiger charge is 2.09. The summed E-state index contributed by atoms with van der Waals surface area (Å²) in [4.78, 5) is 15.8. The third kappa shape index (κ3) is 5.03. The van der Waals surface area contributed by atoms with Crippen molar-refractivity contribution in [2.24, 2.45) is 0 Å². The molecule has 1 aromatic heterocycles. The summed E-state index contributed by atoms with van der Waals surface area (Å²) in [5.74, 6) is 1.61. The van der Waals surface area contributed by atoms with Crippen LogP contribution in [0.3, 0.4) is 0 Å². The van der Waals surface area contributed by atoms with Gasteiger partial charge in [0, 0.05) is 15.4 Å². The Morgan fingerprint density at radius 3 is 1.39 bits per heavy atom. The lowest BCUT2D eigenvalue weighted by atomic mass is 10.2. The highest BCUT2D eigenvalue weighted by atomic mass is 32.2. The molecule has 7 heteroatoms. The summed E-state index contributed by atoms with van der Waals surface area (Å²) < 4.78 is 6.43. The van der Waals surface area contributed by atoms with Crippen LogP contribution in [0.1, 0.15) is 0 Å². The minimum atomic E-state index is 0.499. The number of hydrogen-bond donors (Lipinski definition) is 2. The van der Waals surface area contributed by atoms with E-state index >= 15 is 0 Å². The van der Waals surface area contributed by atoms with E-state index in [4.69, 9.17) is 0 Å². The second kappa shape index (κ2) is 9.25. The van der Waals surface area contributed by atoms with Crippen LogP contribution in [0.2, 0.25) is 0 Å². The van der Waals surface area contributed by atoms with E-state index in [0.29, 0.717) is 17.7 Å². The van der Waals surface area contributed by atoms with Crippen LogP contribution in [-0.2, 0) is 0 Å². The van der Waals surface area contributed by atoms with Gasteiger partial charge in [0.05, 0.1) is 0 Å². The molecule has 0 atom stereocenters. The summed E-state index contributed by atoms with van der Waals surface area (Å²) in [5, 5.41) is 0. The smallest absolute Gasteiger partial charge is 0.238 e. The molecule has 0 amide bonds. The van der Waals surface area contributed by atoms with Crippen LogP contribution in [0, 0.1) is 0 Å². The van der Waals surface area contributed by atoms with E-state index in [0.717, 1.165) is 15.4 Å². The fraction of sp³-hybridized carbons (Fsp3) is 0. The Balaban J connectivity index is 1.57. The molecule has 1 heterocycles. The second-order valence-corrected chi connectivity index (χ2v) is 7.47. The van der Waals surface area contributed by atoms with Crippen LogP contribution in [0.5, 0.6) is 0 Å². The Hall–Kier alpha value is -3.03. The Kier molecular flexibility index (Phi) is 6.06. The largest absolute Gasteiger partial charge is 0.294 e. The quantitative estimate of drug-likeness (QED) is 0.379. The average molecular weight is 404 g/mol. The Bertz CT molecular complexity index is 953. The molecule has 0 fully saturated rings. The van der Waals surface area contributed by atoms with Crippen molar-refractivity contribution in [1.82, 2.24) is 15.0 Å². The standard InChI is InChI=1S/C21H17N5S2/c1-4-10-16(11-5-1)19-22-20(25-27-17-12-6-2-7-13-17)24-21(23-19)26-28-18-14-8-3-9-15-18/h1-15H,(H2,22,23,24,25,26). The maximum absolute atomic E-state index is 4.57. The fourth-order valence-electron chi connectivity index (χ4n) is 2.37. The van der Waals surface area contributed by atoms with Gasteiger partial charge in [0.15, 0.2) is 5.82 Å². The second-order valence-electron chi connectivity index (χ2n) is 5.71. The molecule has 0 bridgehead atoms. The van der Waals surface area contributed by atoms with Crippen molar-refractivity contribution in [3.63, 3.8) is 0 Å². The first-order valence-electron chi connectivity index (χ1n) is 8.64. The molecule has 2 N–H and O–H groups in total. The van der Waals surface area contributed by atoms with E-state index in [9.17, 15) is 0 Å². The fourth-order valence-corrected chi connectivity index (χ4v) is 3.56. The lowest BCUT2D eigenvalue weighted by molar-refractivity contribution is 1.09. The number of hydrogen-bond acceptors (Lipinski definition) is 7. The van der Waals surface area contributed by atoms with Crippen LogP contribution in [-0.4, -0.2) is 15.0 Å². The third-order valence-corrected chi connectivity index (χ3v) is 5.26. The molecule has 0 unspecified atom stereocenters. The van der Waals surface area contributed by atoms with Gasteiger partial charge >= 0.3 is 0 Å². The number of anilines is 2. The van der Waals surface area contributed by atoms with Crippen LogP contribution >= 0.6 is 23.9 Å². The molecule has 4 rings (SSSR count). The predicted octanol–water partition coefficient (Wildman–Crippen LogP) is 5.78. The van der Waals surface area contributed by atoms with Gasteiger partial charge in [-0.2, -0.15) is 15.0 Å². The van der Waals surface area contributed by atoms with Crippen LogP contribution in [0.15, 0.2) is 101 Å². The van der Waals surface area contributed by atoms with E-state index < -0.39 is 0 Å². The number of benzene rings is 3. The molecule has 0 radical (unpaired) electrons. The predicted molar refractivity (Wildman–Crippen MR) is 117 cm³/mol. The highest BCUT2D eigenvalue weighted by molar-refractivity contribution is 8.00. The van der Waals surface area contributed by atoms with Gasteiger partial charge in [0.1, 0.15) is 0 Å². The van der Waals surface area contributed by atoms with Crippen LogP contribution in [0.4, 0.5) is 11.9 Å². The molecular formula is C21H17N5S2. The Morgan fingerprint density at radius 1 is 0.500 bits per heavy atom. The van der Waals surface area contributed by atoms with Crippen molar-refractivity contribution in [3.8, 4) is 11.4 Å². The minimum Gasteiger partial charge on any atom is -0.294 e. The topological polar surface area (TPSA) is 62.7 Å². The first kappa shape index (κ1) is 18.3. The number of nitrogens with one attached hydrogen (secondary N) is 2.